The van der Waals surface area contributed by atoms with Crippen LogP contribution in [0.5, 0.6) is 0 Å². The molecular formula is C11H19N3O3. The van der Waals surface area contributed by atoms with Crippen LogP contribution >= 0.6 is 0 Å². The summed E-state index contributed by atoms with van der Waals surface area (Å²) in [5.41, 5.74) is 2.72. The lowest BCUT2D eigenvalue weighted by Gasteiger charge is -2.19. The Morgan fingerprint density at radius 1 is 1.41 bits per heavy atom. The smallest absolute Gasteiger partial charge is 0.269 e. The van der Waals surface area contributed by atoms with E-state index in [4.69, 9.17) is 5.11 Å². The van der Waals surface area contributed by atoms with Gasteiger partial charge in [0.2, 0.25) is 5.91 Å². The Kier molecular flexibility index (Phi) is 5.62. The Balaban J connectivity index is 2.33. The molecule has 0 spiro atoms. The fraction of sp³-hybridized carbons (Fsp3) is 0.727. The van der Waals surface area contributed by atoms with Gasteiger partial charge in [0.05, 0.1) is 0 Å². The van der Waals surface area contributed by atoms with Gasteiger partial charge in [0, 0.05) is 33.0 Å². The Hall–Kier alpha value is -1.43. The third kappa shape index (κ3) is 4.52. The molecule has 0 atom stereocenters. The molecule has 6 heteroatoms. The van der Waals surface area contributed by atoms with Gasteiger partial charge in [-0.1, -0.05) is 0 Å². The number of hydrogen-bond donors (Lipinski definition) is 2. The maximum atomic E-state index is 11.9. The lowest BCUT2D eigenvalue weighted by Crippen LogP contribution is -2.38. The SMILES string of the molecule is CN(CCCCCO)C(=O)C1=NNC(=O)CC1. The van der Waals surface area contributed by atoms with Crippen molar-refractivity contribution in [1.29, 1.82) is 0 Å². The number of amides is 2. The minimum atomic E-state index is -0.146. The van der Waals surface area contributed by atoms with Crippen LogP contribution in [0.3, 0.4) is 0 Å². The van der Waals surface area contributed by atoms with Gasteiger partial charge in [-0.3, -0.25) is 9.59 Å². The highest BCUT2D eigenvalue weighted by atomic mass is 16.3. The molecule has 0 bridgehead atoms. The molecule has 1 heterocycles. The number of hydrazone groups is 1. The second-order valence-corrected chi connectivity index (χ2v) is 4.10. The van der Waals surface area contributed by atoms with E-state index >= 15 is 0 Å². The molecule has 0 aromatic carbocycles. The Bertz CT molecular complexity index is 315. The summed E-state index contributed by atoms with van der Waals surface area (Å²) in [5.74, 6) is -0.277. The van der Waals surface area contributed by atoms with Gasteiger partial charge in [-0.2, -0.15) is 5.10 Å². The molecule has 1 aliphatic rings. The zero-order chi connectivity index (χ0) is 12.7. The first kappa shape index (κ1) is 13.6. The molecular weight excluding hydrogens is 222 g/mol. The number of rotatable bonds is 6. The van der Waals surface area contributed by atoms with Crippen LogP contribution < -0.4 is 5.43 Å². The molecule has 1 rings (SSSR count). The van der Waals surface area contributed by atoms with Crippen LogP contribution in [0.15, 0.2) is 5.10 Å². The molecule has 0 aromatic rings. The summed E-state index contributed by atoms with van der Waals surface area (Å²) in [6.07, 6.45) is 3.26. The number of aliphatic hydroxyl groups is 1. The van der Waals surface area contributed by atoms with Gasteiger partial charge >= 0.3 is 0 Å². The highest BCUT2D eigenvalue weighted by Crippen LogP contribution is 2.04. The molecule has 0 radical (unpaired) electrons. The highest BCUT2D eigenvalue weighted by Gasteiger charge is 2.20. The van der Waals surface area contributed by atoms with E-state index in [1.807, 2.05) is 0 Å². The van der Waals surface area contributed by atoms with Gasteiger partial charge in [0.1, 0.15) is 5.71 Å². The molecule has 0 saturated heterocycles. The zero-order valence-electron chi connectivity index (χ0n) is 10.1. The van der Waals surface area contributed by atoms with Gasteiger partial charge in [0.15, 0.2) is 0 Å². The first-order valence-corrected chi connectivity index (χ1v) is 5.87. The monoisotopic (exact) mass is 241 g/mol. The third-order valence-corrected chi connectivity index (χ3v) is 2.65. The minimum Gasteiger partial charge on any atom is -0.396 e. The predicted molar refractivity (Wildman–Crippen MR) is 63.4 cm³/mol. The van der Waals surface area contributed by atoms with Crippen molar-refractivity contribution in [3.05, 3.63) is 0 Å². The van der Waals surface area contributed by atoms with E-state index in [1.54, 1.807) is 11.9 Å². The van der Waals surface area contributed by atoms with E-state index in [-0.39, 0.29) is 18.4 Å². The van der Waals surface area contributed by atoms with Crippen LogP contribution in [0.25, 0.3) is 0 Å². The first-order chi connectivity index (χ1) is 8.15. The molecule has 0 unspecified atom stereocenters. The average molecular weight is 241 g/mol. The normalized spacial score (nSPS) is 15.2. The van der Waals surface area contributed by atoms with E-state index < -0.39 is 0 Å². The maximum Gasteiger partial charge on any atom is 0.269 e. The predicted octanol–water partition coefficient (Wildman–Crippen LogP) is -0.127. The highest BCUT2D eigenvalue weighted by molar-refractivity contribution is 6.39. The van der Waals surface area contributed by atoms with E-state index in [1.165, 1.54) is 0 Å². The van der Waals surface area contributed by atoms with E-state index in [9.17, 15) is 9.59 Å². The Morgan fingerprint density at radius 3 is 2.76 bits per heavy atom. The Morgan fingerprint density at radius 2 is 2.18 bits per heavy atom. The van der Waals surface area contributed by atoms with Gasteiger partial charge < -0.3 is 10.0 Å². The van der Waals surface area contributed by atoms with Crippen LogP contribution in [0.1, 0.15) is 32.1 Å². The average Bonchev–Trinajstić information content (AvgIpc) is 2.34. The summed E-state index contributed by atoms with van der Waals surface area (Å²) in [6.45, 7) is 0.836. The van der Waals surface area contributed by atoms with Crippen LogP contribution in [0.4, 0.5) is 0 Å². The van der Waals surface area contributed by atoms with Gasteiger partial charge in [0.25, 0.3) is 5.91 Å². The van der Waals surface area contributed by atoms with Crippen LogP contribution in [0.2, 0.25) is 0 Å². The molecule has 0 aliphatic carbocycles. The summed E-state index contributed by atoms with van der Waals surface area (Å²) >= 11 is 0. The molecule has 2 N–H and O–H groups in total. The summed E-state index contributed by atoms with van der Waals surface area (Å²) in [4.78, 5) is 24.3. The van der Waals surface area contributed by atoms with Crippen LogP contribution in [0, 0.1) is 0 Å². The Labute approximate surface area is 101 Å². The fourth-order valence-electron chi connectivity index (χ4n) is 1.59. The first-order valence-electron chi connectivity index (χ1n) is 5.87. The standard InChI is InChI=1S/C11H19N3O3/c1-14(7-3-2-4-8-15)11(17)9-5-6-10(16)13-12-9/h15H,2-8H2,1H3,(H,13,16). The number of hydrogen-bond acceptors (Lipinski definition) is 4. The number of nitrogens with one attached hydrogen (secondary N) is 1. The molecule has 0 saturated carbocycles. The van der Waals surface area contributed by atoms with E-state index in [0.717, 1.165) is 19.3 Å². The number of unbranched alkanes of at least 4 members (excludes halogenated alkanes) is 2. The number of carbonyl (C=O) groups is 2. The molecule has 6 nitrogen and oxygen atoms in total. The van der Waals surface area contributed by atoms with Crippen molar-refractivity contribution in [2.24, 2.45) is 5.10 Å². The topological polar surface area (TPSA) is 82.0 Å². The van der Waals surface area contributed by atoms with Crippen molar-refractivity contribution in [2.75, 3.05) is 20.2 Å². The number of nitrogens with zero attached hydrogens (tertiary/aromatic N) is 2. The van der Waals surface area contributed by atoms with Crippen molar-refractivity contribution >= 4 is 17.5 Å². The minimum absolute atomic E-state index is 0.131. The number of carbonyl (C=O) groups excluding carboxylic acids is 2. The summed E-state index contributed by atoms with van der Waals surface area (Å²) in [6, 6.07) is 0. The molecule has 17 heavy (non-hydrogen) atoms. The molecule has 2 amide bonds. The van der Waals surface area contributed by atoms with Gasteiger partial charge in [-0.05, 0) is 19.3 Å². The van der Waals surface area contributed by atoms with Crippen molar-refractivity contribution in [1.82, 2.24) is 10.3 Å². The van der Waals surface area contributed by atoms with Crippen molar-refractivity contribution in [3.8, 4) is 0 Å². The molecule has 0 fully saturated rings. The fourth-order valence-corrected chi connectivity index (χ4v) is 1.59. The van der Waals surface area contributed by atoms with Crippen molar-refractivity contribution in [2.45, 2.75) is 32.1 Å². The third-order valence-electron chi connectivity index (χ3n) is 2.65. The quantitative estimate of drug-likeness (QED) is 0.636. The van der Waals surface area contributed by atoms with Gasteiger partial charge in [-0.15, -0.1) is 0 Å². The zero-order valence-corrected chi connectivity index (χ0v) is 10.1. The molecule has 0 aromatic heterocycles. The number of aliphatic hydroxyl groups excluding tert-OH is 1. The molecule has 96 valence electrons. The summed E-state index contributed by atoms with van der Waals surface area (Å²) in [7, 11) is 1.72. The maximum absolute atomic E-state index is 11.9. The lowest BCUT2D eigenvalue weighted by atomic mass is 10.1. The largest absolute Gasteiger partial charge is 0.396 e. The van der Waals surface area contributed by atoms with Crippen LogP contribution in [-0.4, -0.2) is 47.7 Å². The lowest BCUT2D eigenvalue weighted by molar-refractivity contribution is -0.123. The second-order valence-electron chi connectivity index (χ2n) is 4.10. The van der Waals surface area contributed by atoms with E-state index in [0.29, 0.717) is 25.1 Å². The summed E-state index contributed by atoms with van der Waals surface area (Å²) < 4.78 is 0. The van der Waals surface area contributed by atoms with Gasteiger partial charge in [-0.25, -0.2) is 5.43 Å². The van der Waals surface area contributed by atoms with Crippen LogP contribution in [-0.2, 0) is 9.59 Å². The van der Waals surface area contributed by atoms with E-state index in [2.05, 4.69) is 10.5 Å². The molecule has 1 aliphatic heterocycles. The second kappa shape index (κ2) is 7.01. The van der Waals surface area contributed by atoms with Crippen molar-refractivity contribution < 1.29 is 14.7 Å². The summed E-state index contributed by atoms with van der Waals surface area (Å²) in [5, 5.41) is 12.4. The van der Waals surface area contributed by atoms with Crippen molar-refractivity contribution in [3.63, 3.8) is 0 Å².